The van der Waals surface area contributed by atoms with Crippen LogP contribution >= 0.6 is 11.6 Å². The van der Waals surface area contributed by atoms with Crippen molar-refractivity contribution in [2.75, 3.05) is 26.2 Å². The highest BCUT2D eigenvalue weighted by Crippen LogP contribution is 2.29. The molecule has 4 rings (SSSR count). The monoisotopic (exact) mass is 512 g/mol. The average Bonchev–Trinajstić information content (AvgIpc) is 3.30. The maximum atomic E-state index is 13.0. The van der Waals surface area contributed by atoms with E-state index < -0.39 is 11.9 Å². The van der Waals surface area contributed by atoms with Crippen molar-refractivity contribution in [3.63, 3.8) is 0 Å². The Morgan fingerprint density at radius 2 is 1.83 bits per heavy atom. The number of piperidine rings is 2. The standard InChI is InChI=1S/C24H28ClF3N4O3/c25-18-5-4-6-19(14-18)35-20-7-11-31(15-17(20)13-22(33)30-9-2-1-3-10-30)23(34)16-32-12-8-21(29-32)24(26,27)28/h4-6,8,12,14,17,20H,1-3,7,9-11,13,15-16H2/t17-,20-/m0/s1. The summed E-state index contributed by atoms with van der Waals surface area (Å²) < 4.78 is 45.7. The smallest absolute Gasteiger partial charge is 0.435 e. The Hall–Kier alpha value is -2.75. The van der Waals surface area contributed by atoms with Crippen LogP contribution in [0.3, 0.4) is 0 Å². The van der Waals surface area contributed by atoms with E-state index in [-0.39, 0.29) is 43.3 Å². The van der Waals surface area contributed by atoms with E-state index >= 15 is 0 Å². The first-order valence-corrected chi connectivity index (χ1v) is 12.2. The van der Waals surface area contributed by atoms with Crippen molar-refractivity contribution in [2.45, 2.75) is 50.9 Å². The molecule has 0 saturated carbocycles. The van der Waals surface area contributed by atoms with Crippen LogP contribution in [0.5, 0.6) is 5.75 Å². The molecule has 2 fully saturated rings. The number of benzene rings is 1. The predicted octanol–water partition coefficient (Wildman–Crippen LogP) is 4.25. The summed E-state index contributed by atoms with van der Waals surface area (Å²) in [4.78, 5) is 29.4. The van der Waals surface area contributed by atoms with Gasteiger partial charge in [0.2, 0.25) is 11.8 Å². The summed E-state index contributed by atoms with van der Waals surface area (Å²) in [7, 11) is 0. The molecule has 1 aromatic carbocycles. The Balaban J connectivity index is 1.44. The van der Waals surface area contributed by atoms with Gasteiger partial charge < -0.3 is 14.5 Å². The number of nitrogens with zero attached hydrogens (tertiary/aromatic N) is 4. The molecule has 11 heteroatoms. The van der Waals surface area contributed by atoms with Gasteiger partial charge in [0.15, 0.2) is 5.69 Å². The van der Waals surface area contributed by atoms with E-state index in [1.54, 1.807) is 29.2 Å². The number of amides is 2. The molecule has 0 radical (unpaired) electrons. The molecule has 35 heavy (non-hydrogen) atoms. The van der Waals surface area contributed by atoms with Gasteiger partial charge in [-0.1, -0.05) is 17.7 Å². The highest BCUT2D eigenvalue weighted by Gasteiger charge is 2.36. The van der Waals surface area contributed by atoms with Gasteiger partial charge in [-0.05, 0) is 43.5 Å². The quantitative estimate of drug-likeness (QED) is 0.580. The second kappa shape index (κ2) is 10.9. The van der Waals surface area contributed by atoms with E-state index in [1.165, 1.54) is 0 Å². The molecule has 2 aliphatic heterocycles. The summed E-state index contributed by atoms with van der Waals surface area (Å²) in [5.74, 6) is 0.0161. The Labute approximate surface area is 206 Å². The van der Waals surface area contributed by atoms with Crippen LogP contribution in [0.2, 0.25) is 5.02 Å². The van der Waals surface area contributed by atoms with Gasteiger partial charge in [0.25, 0.3) is 0 Å². The minimum atomic E-state index is -4.57. The van der Waals surface area contributed by atoms with Gasteiger partial charge in [0.1, 0.15) is 18.4 Å². The fourth-order valence-corrected chi connectivity index (χ4v) is 4.82. The molecular formula is C24H28ClF3N4O3. The van der Waals surface area contributed by atoms with E-state index in [0.29, 0.717) is 23.7 Å². The highest BCUT2D eigenvalue weighted by molar-refractivity contribution is 6.30. The van der Waals surface area contributed by atoms with Crippen molar-refractivity contribution in [3.8, 4) is 5.75 Å². The second-order valence-electron chi connectivity index (χ2n) is 9.04. The summed E-state index contributed by atoms with van der Waals surface area (Å²) in [6.07, 6.45) is 0.0721. The third-order valence-corrected chi connectivity index (χ3v) is 6.71. The lowest BCUT2D eigenvalue weighted by Gasteiger charge is -2.39. The number of carbonyl (C=O) groups is 2. The molecule has 190 valence electrons. The van der Waals surface area contributed by atoms with Crippen LogP contribution in [0, 0.1) is 5.92 Å². The summed E-state index contributed by atoms with van der Waals surface area (Å²) in [5.41, 5.74) is -1.04. The fraction of sp³-hybridized carbons (Fsp3) is 0.542. The lowest BCUT2D eigenvalue weighted by atomic mass is 9.90. The number of rotatable bonds is 6. The van der Waals surface area contributed by atoms with Crippen molar-refractivity contribution < 1.29 is 27.5 Å². The number of halogens is 4. The first kappa shape index (κ1) is 25.3. The van der Waals surface area contributed by atoms with Crippen molar-refractivity contribution >= 4 is 23.4 Å². The molecule has 2 aromatic rings. The zero-order valence-corrected chi connectivity index (χ0v) is 20.0. The zero-order valence-electron chi connectivity index (χ0n) is 19.2. The zero-order chi connectivity index (χ0) is 25.0. The van der Waals surface area contributed by atoms with Crippen molar-refractivity contribution in [3.05, 3.63) is 47.2 Å². The highest BCUT2D eigenvalue weighted by atomic mass is 35.5. The minimum absolute atomic E-state index is 0.0330. The van der Waals surface area contributed by atoms with Crippen molar-refractivity contribution in [1.29, 1.82) is 0 Å². The largest absolute Gasteiger partial charge is 0.490 e. The van der Waals surface area contributed by atoms with Crippen LogP contribution in [0.15, 0.2) is 36.5 Å². The Morgan fingerprint density at radius 3 is 2.51 bits per heavy atom. The van der Waals surface area contributed by atoms with Crippen LogP contribution in [-0.2, 0) is 22.3 Å². The van der Waals surface area contributed by atoms with E-state index in [4.69, 9.17) is 16.3 Å². The third-order valence-electron chi connectivity index (χ3n) is 6.47. The van der Waals surface area contributed by atoms with Crippen molar-refractivity contribution in [2.24, 2.45) is 5.92 Å². The van der Waals surface area contributed by atoms with Crippen LogP contribution in [0.1, 0.15) is 37.8 Å². The Kier molecular flexibility index (Phi) is 7.88. The molecule has 0 aliphatic carbocycles. The van der Waals surface area contributed by atoms with Gasteiger partial charge in [-0.2, -0.15) is 18.3 Å². The maximum Gasteiger partial charge on any atom is 0.435 e. The molecule has 2 amide bonds. The molecule has 7 nitrogen and oxygen atoms in total. The van der Waals surface area contributed by atoms with Crippen molar-refractivity contribution in [1.82, 2.24) is 19.6 Å². The molecular weight excluding hydrogens is 485 g/mol. The second-order valence-corrected chi connectivity index (χ2v) is 9.48. The predicted molar refractivity (Wildman–Crippen MR) is 123 cm³/mol. The van der Waals surface area contributed by atoms with Gasteiger partial charge in [-0.3, -0.25) is 14.3 Å². The maximum absolute atomic E-state index is 13.0. The lowest BCUT2D eigenvalue weighted by Crippen LogP contribution is -2.50. The average molecular weight is 513 g/mol. The number of alkyl halides is 3. The normalized spacial score (nSPS) is 21.1. The number of carbonyl (C=O) groups excluding carboxylic acids is 2. The lowest BCUT2D eigenvalue weighted by molar-refractivity contribution is -0.142. The molecule has 0 unspecified atom stereocenters. The van der Waals surface area contributed by atoms with Gasteiger partial charge >= 0.3 is 6.18 Å². The molecule has 0 N–H and O–H groups in total. The molecule has 0 bridgehead atoms. The summed E-state index contributed by atoms with van der Waals surface area (Å²) in [6, 6.07) is 7.87. The van der Waals surface area contributed by atoms with Crippen LogP contribution < -0.4 is 4.74 Å². The Bertz CT molecular complexity index is 1040. The molecule has 1 aromatic heterocycles. The Morgan fingerprint density at radius 1 is 1.06 bits per heavy atom. The van der Waals surface area contributed by atoms with Crippen LogP contribution in [-0.4, -0.2) is 63.7 Å². The SMILES string of the molecule is O=C(C[C@H]1CN(C(=O)Cn2ccc(C(F)(F)F)n2)CC[C@@H]1Oc1cccc(Cl)c1)N1CCCCC1. The fourth-order valence-electron chi connectivity index (χ4n) is 4.64. The first-order chi connectivity index (χ1) is 16.7. The van der Waals surface area contributed by atoms with Gasteiger partial charge in [-0.25, -0.2) is 0 Å². The molecule has 0 spiro atoms. The van der Waals surface area contributed by atoms with Gasteiger partial charge in [0.05, 0.1) is 0 Å². The number of ether oxygens (including phenoxy) is 1. The summed E-state index contributed by atoms with van der Waals surface area (Å²) in [6.45, 7) is 1.80. The minimum Gasteiger partial charge on any atom is -0.490 e. The number of hydrogen-bond acceptors (Lipinski definition) is 4. The molecule has 2 aliphatic rings. The molecule has 3 heterocycles. The number of aromatic nitrogens is 2. The van der Waals surface area contributed by atoms with E-state index in [0.717, 1.165) is 49.3 Å². The van der Waals surface area contributed by atoms with E-state index in [1.807, 2.05) is 4.90 Å². The molecule has 2 saturated heterocycles. The number of hydrogen-bond donors (Lipinski definition) is 0. The summed E-state index contributed by atoms with van der Waals surface area (Å²) >= 11 is 6.08. The van der Waals surface area contributed by atoms with Gasteiger partial charge in [0, 0.05) is 56.2 Å². The van der Waals surface area contributed by atoms with E-state index in [2.05, 4.69) is 5.10 Å². The first-order valence-electron chi connectivity index (χ1n) is 11.8. The van der Waals surface area contributed by atoms with Crippen LogP contribution in [0.25, 0.3) is 0 Å². The third kappa shape index (κ3) is 6.68. The number of likely N-dealkylation sites (tertiary alicyclic amines) is 2. The van der Waals surface area contributed by atoms with E-state index in [9.17, 15) is 22.8 Å². The van der Waals surface area contributed by atoms with Gasteiger partial charge in [-0.15, -0.1) is 0 Å². The topological polar surface area (TPSA) is 67.7 Å². The van der Waals surface area contributed by atoms with Crippen LogP contribution in [0.4, 0.5) is 13.2 Å². The summed E-state index contributed by atoms with van der Waals surface area (Å²) in [5, 5.41) is 4.01. The molecule has 2 atom stereocenters.